The van der Waals surface area contributed by atoms with Crippen LogP contribution in [0.4, 0.5) is 0 Å². The number of carbonyl (C=O) groups is 1. The minimum Gasteiger partial charge on any atom is -0.497 e. The van der Waals surface area contributed by atoms with Crippen molar-refractivity contribution in [2.75, 3.05) is 20.3 Å². The molecule has 0 fully saturated rings. The number of hydrogen-bond acceptors (Lipinski definition) is 3. The molecule has 0 aromatic heterocycles. The minimum atomic E-state index is 0.00952. The summed E-state index contributed by atoms with van der Waals surface area (Å²) in [5, 5.41) is 2.88. The van der Waals surface area contributed by atoms with E-state index in [-0.39, 0.29) is 5.91 Å². The molecule has 0 atom stereocenters. The molecule has 0 aliphatic carbocycles. The zero-order chi connectivity index (χ0) is 16.7. The van der Waals surface area contributed by atoms with E-state index < -0.39 is 0 Å². The van der Waals surface area contributed by atoms with Crippen molar-refractivity contribution < 1.29 is 14.3 Å². The third-order valence-corrected chi connectivity index (χ3v) is 3.60. The molecule has 0 radical (unpaired) electrons. The van der Waals surface area contributed by atoms with Crippen LogP contribution in [0.15, 0.2) is 42.5 Å². The highest BCUT2D eigenvalue weighted by molar-refractivity contribution is 5.78. The Morgan fingerprint density at radius 2 is 1.74 bits per heavy atom. The predicted octanol–water partition coefficient (Wildman–Crippen LogP) is 3.05. The predicted molar refractivity (Wildman–Crippen MR) is 91.1 cm³/mol. The normalized spacial score (nSPS) is 10.2. The monoisotopic (exact) mass is 313 g/mol. The molecule has 0 heterocycles. The Balaban J connectivity index is 1.72. The van der Waals surface area contributed by atoms with Crippen LogP contribution in [0.5, 0.6) is 11.5 Å². The van der Waals surface area contributed by atoms with Gasteiger partial charge in [0.05, 0.1) is 20.1 Å². The van der Waals surface area contributed by atoms with Crippen LogP contribution in [0.25, 0.3) is 0 Å². The Morgan fingerprint density at radius 3 is 2.39 bits per heavy atom. The van der Waals surface area contributed by atoms with Crippen molar-refractivity contribution in [2.45, 2.75) is 20.3 Å². The van der Waals surface area contributed by atoms with E-state index in [1.54, 1.807) is 7.11 Å². The number of nitrogens with one attached hydrogen (secondary N) is 1. The van der Waals surface area contributed by atoms with Gasteiger partial charge in [0.1, 0.15) is 18.1 Å². The van der Waals surface area contributed by atoms with Gasteiger partial charge < -0.3 is 14.8 Å². The van der Waals surface area contributed by atoms with Crippen LogP contribution in [0.1, 0.15) is 16.7 Å². The summed E-state index contributed by atoms with van der Waals surface area (Å²) < 4.78 is 10.7. The van der Waals surface area contributed by atoms with Gasteiger partial charge in [-0.25, -0.2) is 0 Å². The molecule has 2 rings (SSSR count). The van der Waals surface area contributed by atoms with Gasteiger partial charge in [-0.15, -0.1) is 0 Å². The quantitative estimate of drug-likeness (QED) is 0.799. The van der Waals surface area contributed by atoms with Gasteiger partial charge in [0, 0.05) is 0 Å². The van der Waals surface area contributed by atoms with Crippen LogP contribution in [0.3, 0.4) is 0 Å². The Hall–Kier alpha value is -2.49. The lowest BCUT2D eigenvalue weighted by Crippen LogP contribution is -2.29. The molecule has 2 aromatic carbocycles. The maximum Gasteiger partial charge on any atom is 0.224 e. The number of carbonyl (C=O) groups excluding carboxylic acids is 1. The van der Waals surface area contributed by atoms with E-state index in [0.29, 0.717) is 19.6 Å². The molecule has 122 valence electrons. The molecule has 0 spiro atoms. The summed E-state index contributed by atoms with van der Waals surface area (Å²) in [4.78, 5) is 12.0. The lowest BCUT2D eigenvalue weighted by atomic mass is 10.0. The van der Waals surface area contributed by atoms with Crippen molar-refractivity contribution in [1.29, 1.82) is 0 Å². The second kappa shape index (κ2) is 8.22. The van der Waals surface area contributed by atoms with E-state index in [2.05, 4.69) is 11.4 Å². The molecule has 1 amide bonds. The number of ether oxygens (including phenoxy) is 2. The maximum absolute atomic E-state index is 12.0. The van der Waals surface area contributed by atoms with Crippen molar-refractivity contribution >= 4 is 5.91 Å². The van der Waals surface area contributed by atoms with Crippen LogP contribution in [0.2, 0.25) is 0 Å². The Morgan fingerprint density at radius 1 is 1.04 bits per heavy atom. The van der Waals surface area contributed by atoms with Gasteiger partial charge in [-0.2, -0.15) is 0 Å². The second-order valence-corrected chi connectivity index (χ2v) is 5.48. The van der Waals surface area contributed by atoms with Gasteiger partial charge in [0.15, 0.2) is 0 Å². The summed E-state index contributed by atoms with van der Waals surface area (Å²) >= 11 is 0. The fourth-order valence-electron chi connectivity index (χ4n) is 2.31. The minimum absolute atomic E-state index is 0.00952. The van der Waals surface area contributed by atoms with Crippen LogP contribution in [-0.4, -0.2) is 26.2 Å². The van der Waals surface area contributed by atoms with Gasteiger partial charge in [-0.05, 0) is 49.2 Å². The zero-order valence-corrected chi connectivity index (χ0v) is 13.9. The molecule has 4 nitrogen and oxygen atoms in total. The molecule has 23 heavy (non-hydrogen) atoms. The van der Waals surface area contributed by atoms with Crippen molar-refractivity contribution in [3.63, 3.8) is 0 Å². The molecule has 0 saturated heterocycles. The number of hydrogen-bond donors (Lipinski definition) is 1. The van der Waals surface area contributed by atoms with Crippen molar-refractivity contribution in [3.8, 4) is 11.5 Å². The summed E-state index contributed by atoms with van der Waals surface area (Å²) in [6.45, 7) is 5.00. The summed E-state index contributed by atoms with van der Waals surface area (Å²) in [5.74, 6) is 1.56. The van der Waals surface area contributed by atoms with Gasteiger partial charge in [0.2, 0.25) is 5.91 Å². The lowest BCUT2D eigenvalue weighted by molar-refractivity contribution is -0.120. The average Bonchev–Trinajstić information content (AvgIpc) is 2.55. The van der Waals surface area contributed by atoms with E-state index in [1.807, 2.05) is 50.2 Å². The van der Waals surface area contributed by atoms with E-state index in [0.717, 1.165) is 22.6 Å². The third-order valence-electron chi connectivity index (χ3n) is 3.60. The third kappa shape index (κ3) is 5.33. The Bertz CT molecular complexity index is 650. The van der Waals surface area contributed by atoms with Crippen molar-refractivity contribution in [1.82, 2.24) is 5.32 Å². The highest BCUT2D eigenvalue weighted by atomic mass is 16.5. The standard InChI is InChI=1S/C19H23NO3/c1-14-4-5-16(15(2)12-14)13-19(21)20-10-11-23-18-8-6-17(22-3)7-9-18/h4-9,12H,10-11,13H2,1-3H3,(H,20,21). The average molecular weight is 313 g/mol. The molecule has 0 saturated carbocycles. The smallest absolute Gasteiger partial charge is 0.224 e. The fourth-order valence-corrected chi connectivity index (χ4v) is 2.31. The van der Waals surface area contributed by atoms with Crippen LogP contribution >= 0.6 is 0 Å². The summed E-state index contributed by atoms with van der Waals surface area (Å²) in [6.07, 6.45) is 0.397. The number of benzene rings is 2. The lowest BCUT2D eigenvalue weighted by Gasteiger charge is -2.10. The summed E-state index contributed by atoms with van der Waals surface area (Å²) in [6, 6.07) is 13.5. The Kier molecular flexibility index (Phi) is 6.03. The van der Waals surface area contributed by atoms with Crippen molar-refractivity contribution in [3.05, 3.63) is 59.2 Å². The summed E-state index contributed by atoms with van der Waals surface area (Å²) in [5.41, 5.74) is 3.42. The highest BCUT2D eigenvalue weighted by Gasteiger charge is 2.05. The van der Waals surface area contributed by atoms with Crippen LogP contribution < -0.4 is 14.8 Å². The van der Waals surface area contributed by atoms with E-state index >= 15 is 0 Å². The van der Waals surface area contributed by atoms with Crippen molar-refractivity contribution in [2.24, 2.45) is 0 Å². The maximum atomic E-state index is 12.0. The van der Waals surface area contributed by atoms with Gasteiger partial charge in [-0.3, -0.25) is 4.79 Å². The van der Waals surface area contributed by atoms with Crippen LogP contribution in [-0.2, 0) is 11.2 Å². The first-order valence-electron chi connectivity index (χ1n) is 7.68. The largest absolute Gasteiger partial charge is 0.497 e. The molecule has 2 aromatic rings. The summed E-state index contributed by atoms with van der Waals surface area (Å²) in [7, 11) is 1.63. The van der Waals surface area contributed by atoms with E-state index in [9.17, 15) is 4.79 Å². The van der Waals surface area contributed by atoms with Gasteiger partial charge in [0.25, 0.3) is 0 Å². The topological polar surface area (TPSA) is 47.6 Å². The number of methoxy groups -OCH3 is 1. The van der Waals surface area contributed by atoms with Crippen LogP contribution in [0, 0.1) is 13.8 Å². The molecule has 0 aliphatic rings. The highest BCUT2D eigenvalue weighted by Crippen LogP contribution is 2.16. The SMILES string of the molecule is COc1ccc(OCCNC(=O)Cc2ccc(C)cc2C)cc1. The molecular formula is C19H23NO3. The molecule has 0 aliphatic heterocycles. The van der Waals surface area contributed by atoms with E-state index in [1.165, 1.54) is 5.56 Å². The fraction of sp³-hybridized carbons (Fsp3) is 0.316. The first-order chi connectivity index (χ1) is 11.1. The van der Waals surface area contributed by atoms with Gasteiger partial charge >= 0.3 is 0 Å². The molecule has 1 N–H and O–H groups in total. The van der Waals surface area contributed by atoms with Gasteiger partial charge in [-0.1, -0.05) is 23.8 Å². The number of aryl methyl sites for hydroxylation is 2. The molecule has 4 heteroatoms. The number of amides is 1. The Labute approximate surface area is 137 Å². The second-order valence-electron chi connectivity index (χ2n) is 5.48. The molecule has 0 unspecified atom stereocenters. The molecule has 0 bridgehead atoms. The first-order valence-corrected chi connectivity index (χ1v) is 7.68. The van der Waals surface area contributed by atoms with E-state index in [4.69, 9.17) is 9.47 Å². The number of rotatable bonds is 7. The zero-order valence-electron chi connectivity index (χ0n) is 13.9. The molecular weight excluding hydrogens is 290 g/mol. The first kappa shape index (κ1) is 16.9.